The number of benzene rings is 1. The Morgan fingerprint density at radius 3 is 2.38 bits per heavy atom. The lowest BCUT2D eigenvalue weighted by Gasteiger charge is -2.23. The zero-order valence-electron chi connectivity index (χ0n) is 9.71. The first-order chi connectivity index (χ1) is 7.88. The van der Waals surface area contributed by atoms with Crippen molar-refractivity contribution in [2.24, 2.45) is 5.73 Å². The highest BCUT2D eigenvalue weighted by Crippen LogP contribution is 2.06. The number of hydrogen-bond donors (Lipinski definition) is 3. The summed E-state index contributed by atoms with van der Waals surface area (Å²) in [5.41, 5.74) is 8.11. The van der Waals surface area contributed by atoms with Crippen molar-refractivity contribution in [2.75, 3.05) is 13.1 Å². The van der Waals surface area contributed by atoms with Gasteiger partial charge in [0.2, 0.25) is 0 Å². The van der Waals surface area contributed by atoms with Crippen LogP contribution in [0.25, 0.3) is 0 Å². The van der Waals surface area contributed by atoms with Crippen LogP contribution >= 0.6 is 0 Å². The van der Waals surface area contributed by atoms with Gasteiger partial charge in [-0.1, -0.05) is 24.3 Å². The van der Waals surface area contributed by atoms with Crippen LogP contribution in [-0.2, 0) is 13.1 Å². The van der Waals surface area contributed by atoms with Crippen LogP contribution in [0.2, 0.25) is 0 Å². The first-order valence-corrected chi connectivity index (χ1v) is 6.10. The molecule has 1 aromatic carbocycles. The fraction of sp³-hybridized carbons (Fsp3) is 0.538. The predicted octanol–water partition coefficient (Wildman–Crippen LogP) is 0.987. The molecule has 1 saturated heterocycles. The third kappa shape index (κ3) is 3.30. The van der Waals surface area contributed by atoms with Crippen molar-refractivity contribution >= 4 is 0 Å². The van der Waals surface area contributed by atoms with Gasteiger partial charge in [0, 0.05) is 19.1 Å². The molecule has 1 fully saturated rings. The Kier molecular flexibility index (Phi) is 4.34. The van der Waals surface area contributed by atoms with E-state index in [0.717, 1.165) is 19.6 Å². The van der Waals surface area contributed by atoms with Crippen molar-refractivity contribution in [3.8, 4) is 0 Å². The van der Waals surface area contributed by atoms with Crippen LogP contribution in [0.1, 0.15) is 24.0 Å². The third-order valence-corrected chi connectivity index (χ3v) is 3.19. The summed E-state index contributed by atoms with van der Waals surface area (Å²) >= 11 is 0. The van der Waals surface area contributed by atoms with E-state index in [-0.39, 0.29) is 0 Å². The Balaban J connectivity index is 1.79. The molecule has 3 nitrogen and oxygen atoms in total. The van der Waals surface area contributed by atoms with Gasteiger partial charge in [0.05, 0.1) is 0 Å². The average Bonchev–Trinajstić information content (AvgIpc) is 2.38. The zero-order chi connectivity index (χ0) is 11.2. The predicted molar refractivity (Wildman–Crippen MR) is 67.1 cm³/mol. The summed E-state index contributed by atoms with van der Waals surface area (Å²) in [5, 5.41) is 6.98. The Bertz CT molecular complexity index is 301. The molecule has 2 rings (SSSR count). The summed E-state index contributed by atoms with van der Waals surface area (Å²) in [6.45, 7) is 3.88. The standard InChI is InChI=1S/C13H21N3/c14-9-11-1-3-12(4-2-11)10-16-13-5-7-15-8-6-13/h1-4,13,15-16H,5-10,14H2. The average molecular weight is 219 g/mol. The maximum Gasteiger partial charge on any atom is 0.0208 e. The van der Waals surface area contributed by atoms with Gasteiger partial charge in [-0.15, -0.1) is 0 Å². The van der Waals surface area contributed by atoms with Crippen LogP contribution in [0.15, 0.2) is 24.3 Å². The molecule has 3 heteroatoms. The molecule has 0 spiro atoms. The molecular weight excluding hydrogens is 198 g/mol. The van der Waals surface area contributed by atoms with E-state index in [1.165, 1.54) is 24.0 Å². The van der Waals surface area contributed by atoms with Crippen molar-refractivity contribution in [1.82, 2.24) is 10.6 Å². The second kappa shape index (κ2) is 5.99. The molecule has 16 heavy (non-hydrogen) atoms. The highest BCUT2D eigenvalue weighted by atomic mass is 15.0. The second-order valence-electron chi connectivity index (χ2n) is 4.43. The molecule has 88 valence electrons. The van der Waals surface area contributed by atoms with E-state index in [4.69, 9.17) is 5.73 Å². The van der Waals surface area contributed by atoms with E-state index in [9.17, 15) is 0 Å². The number of nitrogens with two attached hydrogens (primary N) is 1. The van der Waals surface area contributed by atoms with Crippen molar-refractivity contribution < 1.29 is 0 Å². The lowest BCUT2D eigenvalue weighted by molar-refractivity contribution is 0.386. The molecule has 1 aliphatic heterocycles. The molecule has 1 aliphatic rings. The van der Waals surface area contributed by atoms with E-state index >= 15 is 0 Å². The summed E-state index contributed by atoms with van der Waals surface area (Å²) in [5.74, 6) is 0. The number of nitrogens with one attached hydrogen (secondary N) is 2. The number of rotatable bonds is 4. The lowest BCUT2D eigenvalue weighted by Crippen LogP contribution is -2.39. The molecule has 0 radical (unpaired) electrons. The minimum absolute atomic E-state index is 0.627. The van der Waals surface area contributed by atoms with Gasteiger partial charge in [0.25, 0.3) is 0 Å². The molecule has 0 saturated carbocycles. The molecule has 0 aliphatic carbocycles. The second-order valence-corrected chi connectivity index (χ2v) is 4.43. The fourth-order valence-corrected chi connectivity index (χ4v) is 2.08. The normalized spacial score (nSPS) is 17.6. The van der Waals surface area contributed by atoms with Gasteiger partial charge < -0.3 is 16.4 Å². The zero-order valence-corrected chi connectivity index (χ0v) is 9.71. The lowest BCUT2D eigenvalue weighted by atomic mass is 10.1. The minimum atomic E-state index is 0.627. The van der Waals surface area contributed by atoms with Crippen LogP contribution in [-0.4, -0.2) is 19.1 Å². The summed E-state index contributed by atoms with van der Waals surface area (Å²) in [7, 11) is 0. The number of piperidine rings is 1. The van der Waals surface area contributed by atoms with Gasteiger partial charge in [-0.25, -0.2) is 0 Å². The Morgan fingerprint density at radius 1 is 1.12 bits per heavy atom. The maximum atomic E-state index is 5.57. The van der Waals surface area contributed by atoms with E-state index in [2.05, 4.69) is 34.9 Å². The van der Waals surface area contributed by atoms with E-state index in [1.807, 2.05) is 0 Å². The van der Waals surface area contributed by atoms with Gasteiger partial charge >= 0.3 is 0 Å². The topological polar surface area (TPSA) is 50.1 Å². The molecule has 1 aromatic rings. The minimum Gasteiger partial charge on any atom is -0.326 e. The van der Waals surface area contributed by atoms with Crippen LogP contribution in [0.3, 0.4) is 0 Å². The SMILES string of the molecule is NCc1ccc(CNC2CCNCC2)cc1. The van der Waals surface area contributed by atoms with Crippen LogP contribution in [0, 0.1) is 0 Å². The van der Waals surface area contributed by atoms with Crippen molar-refractivity contribution in [1.29, 1.82) is 0 Å². The number of hydrogen-bond acceptors (Lipinski definition) is 3. The highest BCUT2D eigenvalue weighted by Gasteiger charge is 2.11. The van der Waals surface area contributed by atoms with Crippen LogP contribution in [0.4, 0.5) is 0 Å². The Hall–Kier alpha value is -0.900. The van der Waals surface area contributed by atoms with Gasteiger partial charge in [-0.3, -0.25) is 0 Å². The van der Waals surface area contributed by atoms with Gasteiger partial charge in [-0.2, -0.15) is 0 Å². The Labute approximate surface area is 97.4 Å². The molecule has 0 unspecified atom stereocenters. The monoisotopic (exact) mass is 219 g/mol. The van der Waals surface area contributed by atoms with Crippen molar-refractivity contribution in [3.63, 3.8) is 0 Å². The van der Waals surface area contributed by atoms with Gasteiger partial charge in [-0.05, 0) is 37.1 Å². The molecule has 0 atom stereocenters. The maximum absolute atomic E-state index is 5.57. The summed E-state index contributed by atoms with van der Waals surface area (Å²) in [4.78, 5) is 0. The fourth-order valence-electron chi connectivity index (χ4n) is 2.08. The quantitative estimate of drug-likeness (QED) is 0.708. The van der Waals surface area contributed by atoms with Crippen molar-refractivity contribution in [2.45, 2.75) is 32.0 Å². The smallest absolute Gasteiger partial charge is 0.0208 e. The molecule has 0 bridgehead atoms. The van der Waals surface area contributed by atoms with Crippen LogP contribution in [0.5, 0.6) is 0 Å². The molecular formula is C13H21N3. The highest BCUT2D eigenvalue weighted by molar-refractivity contribution is 5.22. The van der Waals surface area contributed by atoms with Crippen molar-refractivity contribution in [3.05, 3.63) is 35.4 Å². The van der Waals surface area contributed by atoms with Gasteiger partial charge in [0.15, 0.2) is 0 Å². The Morgan fingerprint density at radius 2 is 1.75 bits per heavy atom. The summed E-state index contributed by atoms with van der Waals surface area (Å²) < 4.78 is 0. The summed E-state index contributed by atoms with van der Waals surface area (Å²) in [6, 6.07) is 9.22. The molecule has 0 aromatic heterocycles. The molecule has 4 N–H and O–H groups in total. The summed E-state index contributed by atoms with van der Waals surface area (Å²) in [6.07, 6.45) is 2.47. The van der Waals surface area contributed by atoms with E-state index in [1.54, 1.807) is 0 Å². The first kappa shape index (κ1) is 11.6. The van der Waals surface area contributed by atoms with Gasteiger partial charge in [0.1, 0.15) is 0 Å². The third-order valence-electron chi connectivity index (χ3n) is 3.19. The molecule has 1 heterocycles. The van der Waals surface area contributed by atoms with E-state index in [0.29, 0.717) is 12.6 Å². The molecule has 0 amide bonds. The van der Waals surface area contributed by atoms with Crippen LogP contribution < -0.4 is 16.4 Å². The largest absolute Gasteiger partial charge is 0.326 e. The first-order valence-electron chi connectivity index (χ1n) is 6.10. The van der Waals surface area contributed by atoms with E-state index < -0.39 is 0 Å².